The predicted molar refractivity (Wildman–Crippen MR) is 91.7 cm³/mol. The second-order valence-corrected chi connectivity index (χ2v) is 6.68. The molecule has 1 aliphatic heterocycles. The van der Waals surface area contributed by atoms with Crippen molar-refractivity contribution in [1.29, 1.82) is 0 Å². The van der Waals surface area contributed by atoms with E-state index in [-0.39, 0.29) is 0 Å². The van der Waals surface area contributed by atoms with E-state index in [1.54, 1.807) is 0 Å². The molecule has 2 heteroatoms. The Kier molecular flexibility index (Phi) is 6.25. The highest BCUT2D eigenvalue weighted by Crippen LogP contribution is 2.25. The van der Waals surface area contributed by atoms with E-state index in [4.69, 9.17) is 0 Å². The molecule has 2 rings (SSSR count). The molecule has 0 aliphatic carbocycles. The molecule has 1 aromatic carbocycles. The van der Waals surface area contributed by atoms with Gasteiger partial charge in [-0.05, 0) is 56.3 Å². The van der Waals surface area contributed by atoms with Crippen LogP contribution in [0.4, 0.5) is 0 Å². The van der Waals surface area contributed by atoms with Crippen molar-refractivity contribution < 1.29 is 0 Å². The van der Waals surface area contributed by atoms with Gasteiger partial charge in [0.25, 0.3) is 0 Å². The molecule has 1 heterocycles. The summed E-state index contributed by atoms with van der Waals surface area (Å²) in [4.78, 5) is 2.67. The van der Waals surface area contributed by atoms with Crippen LogP contribution in [0.15, 0.2) is 24.3 Å². The second-order valence-electron chi connectivity index (χ2n) is 6.68. The second kappa shape index (κ2) is 7.95. The van der Waals surface area contributed by atoms with Crippen molar-refractivity contribution in [1.82, 2.24) is 10.2 Å². The van der Waals surface area contributed by atoms with Gasteiger partial charge < -0.3 is 5.32 Å². The van der Waals surface area contributed by atoms with Crippen molar-refractivity contribution in [2.75, 3.05) is 19.6 Å². The van der Waals surface area contributed by atoms with E-state index in [0.717, 1.165) is 25.4 Å². The standard InChI is InChI=1S/C19H32N2/c1-5-17-7-9-18(10-8-17)19(20-6-2)14-21-12-11-15(3)13-16(21)4/h7-10,15-16,19-20H,5-6,11-14H2,1-4H3. The van der Waals surface area contributed by atoms with Gasteiger partial charge in [0.15, 0.2) is 0 Å². The summed E-state index contributed by atoms with van der Waals surface area (Å²) in [7, 11) is 0. The lowest BCUT2D eigenvalue weighted by Crippen LogP contribution is -2.44. The minimum atomic E-state index is 0.455. The summed E-state index contributed by atoms with van der Waals surface area (Å²) in [5.74, 6) is 0.887. The van der Waals surface area contributed by atoms with Crippen LogP contribution in [0, 0.1) is 5.92 Å². The summed E-state index contributed by atoms with van der Waals surface area (Å²) in [5, 5.41) is 3.67. The van der Waals surface area contributed by atoms with Crippen molar-refractivity contribution in [2.45, 2.75) is 59.0 Å². The highest BCUT2D eigenvalue weighted by molar-refractivity contribution is 5.25. The van der Waals surface area contributed by atoms with E-state index in [1.807, 2.05) is 0 Å². The maximum atomic E-state index is 3.67. The SMILES string of the molecule is CCNC(CN1CCC(C)CC1C)c1ccc(CC)cc1. The van der Waals surface area contributed by atoms with Crippen LogP contribution in [0.5, 0.6) is 0 Å². The third kappa shape index (κ3) is 4.55. The zero-order valence-corrected chi connectivity index (χ0v) is 14.2. The van der Waals surface area contributed by atoms with Crippen molar-refractivity contribution >= 4 is 0 Å². The summed E-state index contributed by atoms with van der Waals surface area (Å²) in [6.07, 6.45) is 3.80. The first kappa shape index (κ1) is 16.5. The summed E-state index contributed by atoms with van der Waals surface area (Å²) in [6.45, 7) is 12.6. The summed E-state index contributed by atoms with van der Waals surface area (Å²) < 4.78 is 0. The number of likely N-dealkylation sites (tertiary alicyclic amines) is 1. The van der Waals surface area contributed by atoms with E-state index in [1.165, 1.54) is 30.5 Å². The fraction of sp³-hybridized carbons (Fsp3) is 0.684. The molecule has 0 bridgehead atoms. The molecule has 1 aromatic rings. The van der Waals surface area contributed by atoms with Gasteiger partial charge in [-0.2, -0.15) is 0 Å². The van der Waals surface area contributed by atoms with Crippen LogP contribution in [0.25, 0.3) is 0 Å². The molecule has 0 saturated carbocycles. The smallest absolute Gasteiger partial charge is 0.0449 e. The molecule has 1 aliphatic rings. The topological polar surface area (TPSA) is 15.3 Å². The number of hydrogen-bond acceptors (Lipinski definition) is 2. The largest absolute Gasteiger partial charge is 0.309 e. The van der Waals surface area contributed by atoms with Crippen LogP contribution in [0.2, 0.25) is 0 Å². The molecule has 118 valence electrons. The van der Waals surface area contributed by atoms with Crippen LogP contribution < -0.4 is 5.32 Å². The summed E-state index contributed by atoms with van der Waals surface area (Å²) in [5.41, 5.74) is 2.86. The van der Waals surface area contributed by atoms with Gasteiger partial charge in [-0.1, -0.05) is 45.0 Å². The molecule has 3 unspecified atom stereocenters. The number of benzene rings is 1. The van der Waals surface area contributed by atoms with Gasteiger partial charge in [0.1, 0.15) is 0 Å². The fourth-order valence-electron chi connectivity index (χ4n) is 3.48. The molecular weight excluding hydrogens is 256 g/mol. The van der Waals surface area contributed by atoms with E-state index in [9.17, 15) is 0 Å². The Morgan fingerprint density at radius 2 is 1.90 bits per heavy atom. The molecule has 21 heavy (non-hydrogen) atoms. The van der Waals surface area contributed by atoms with Crippen LogP contribution in [0.3, 0.4) is 0 Å². The molecule has 0 spiro atoms. The maximum absolute atomic E-state index is 3.67. The van der Waals surface area contributed by atoms with Gasteiger partial charge >= 0.3 is 0 Å². The lowest BCUT2D eigenvalue weighted by Gasteiger charge is -2.38. The van der Waals surface area contributed by atoms with Gasteiger partial charge in [0, 0.05) is 18.6 Å². The molecule has 0 radical (unpaired) electrons. The minimum absolute atomic E-state index is 0.455. The van der Waals surface area contributed by atoms with E-state index < -0.39 is 0 Å². The molecule has 3 atom stereocenters. The number of nitrogens with one attached hydrogen (secondary N) is 1. The van der Waals surface area contributed by atoms with Gasteiger partial charge in [0.2, 0.25) is 0 Å². The Labute approximate surface area is 130 Å². The van der Waals surface area contributed by atoms with Crippen molar-refractivity contribution in [3.63, 3.8) is 0 Å². The molecule has 1 fully saturated rings. The van der Waals surface area contributed by atoms with E-state index >= 15 is 0 Å². The Morgan fingerprint density at radius 3 is 2.48 bits per heavy atom. The first-order chi connectivity index (χ1) is 10.1. The molecular formula is C19H32N2. The van der Waals surface area contributed by atoms with Crippen LogP contribution >= 0.6 is 0 Å². The molecule has 0 amide bonds. The highest BCUT2D eigenvalue weighted by atomic mass is 15.2. The van der Waals surface area contributed by atoms with E-state index in [2.05, 4.69) is 62.2 Å². The van der Waals surface area contributed by atoms with Crippen molar-refractivity contribution in [2.24, 2.45) is 5.92 Å². The quantitative estimate of drug-likeness (QED) is 0.850. The molecule has 1 N–H and O–H groups in total. The predicted octanol–water partition coefficient (Wildman–Crippen LogP) is 4.02. The number of rotatable bonds is 6. The van der Waals surface area contributed by atoms with Crippen LogP contribution in [-0.4, -0.2) is 30.6 Å². The van der Waals surface area contributed by atoms with Crippen LogP contribution in [-0.2, 0) is 6.42 Å². The number of nitrogens with zero attached hydrogens (tertiary/aromatic N) is 1. The van der Waals surface area contributed by atoms with E-state index in [0.29, 0.717) is 12.1 Å². The van der Waals surface area contributed by atoms with Gasteiger partial charge in [-0.15, -0.1) is 0 Å². The lowest BCUT2D eigenvalue weighted by molar-refractivity contribution is 0.117. The third-order valence-electron chi connectivity index (χ3n) is 4.93. The monoisotopic (exact) mass is 288 g/mol. The Balaban J connectivity index is 2.04. The first-order valence-corrected chi connectivity index (χ1v) is 8.70. The maximum Gasteiger partial charge on any atom is 0.0449 e. The Bertz CT molecular complexity index is 412. The number of hydrogen-bond donors (Lipinski definition) is 1. The number of aryl methyl sites for hydroxylation is 1. The first-order valence-electron chi connectivity index (χ1n) is 8.70. The van der Waals surface area contributed by atoms with Crippen molar-refractivity contribution in [3.05, 3.63) is 35.4 Å². The van der Waals surface area contributed by atoms with Gasteiger partial charge in [-0.25, -0.2) is 0 Å². The fourth-order valence-corrected chi connectivity index (χ4v) is 3.48. The highest BCUT2D eigenvalue weighted by Gasteiger charge is 2.25. The average molecular weight is 288 g/mol. The number of piperidine rings is 1. The number of likely N-dealkylation sites (N-methyl/N-ethyl adjacent to an activating group) is 1. The molecule has 2 nitrogen and oxygen atoms in total. The minimum Gasteiger partial charge on any atom is -0.309 e. The zero-order valence-electron chi connectivity index (χ0n) is 14.2. The Morgan fingerprint density at radius 1 is 1.19 bits per heavy atom. The average Bonchev–Trinajstić information content (AvgIpc) is 2.49. The third-order valence-corrected chi connectivity index (χ3v) is 4.93. The molecule has 1 saturated heterocycles. The van der Waals surface area contributed by atoms with Gasteiger partial charge in [0.05, 0.1) is 0 Å². The zero-order chi connectivity index (χ0) is 15.2. The normalized spacial score (nSPS) is 25.0. The Hall–Kier alpha value is -0.860. The van der Waals surface area contributed by atoms with Crippen LogP contribution in [0.1, 0.15) is 57.7 Å². The van der Waals surface area contributed by atoms with Crippen molar-refractivity contribution in [3.8, 4) is 0 Å². The lowest BCUT2D eigenvalue weighted by atomic mass is 9.92. The molecule has 0 aromatic heterocycles. The summed E-state index contributed by atoms with van der Waals surface area (Å²) in [6, 6.07) is 10.3. The van der Waals surface area contributed by atoms with Gasteiger partial charge in [-0.3, -0.25) is 4.90 Å². The summed E-state index contributed by atoms with van der Waals surface area (Å²) >= 11 is 0.